The van der Waals surface area contributed by atoms with E-state index in [1.807, 2.05) is 0 Å². The van der Waals surface area contributed by atoms with Crippen LogP contribution in [0, 0.1) is 0 Å². The lowest BCUT2D eigenvalue weighted by atomic mass is 10.3. The molecule has 0 bridgehead atoms. The van der Waals surface area contributed by atoms with Crippen LogP contribution in [-0.2, 0) is 7.05 Å². The van der Waals surface area contributed by atoms with Gasteiger partial charge in [-0.15, -0.1) is 0 Å². The summed E-state index contributed by atoms with van der Waals surface area (Å²) >= 11 is 0. The summed E-state index contributed by atoms with van der Waals surface area (Å²) in [7, 11) is 1.72. The summed E-state index contributed by atoms with van der Waals surface area (Å²) < 4.78 is 1.50. The second kappa shape index (κ2) is 5.39. The van der Waals surface area contributed by atoms with E-state index in [-0.39, 0.29) is 5.91 Å². The van der Waals surface area contributed by atoms with Gasteiger partial charge in [0.1, 0.15) is 11.4 Å². The summed E-state index contributed by atoms with van der Waals surface area (Å²) in [6, 6.07) is 0.732. The lowest BCUT2D eigenvalue weighted by Crippen LogP contribution is -2.36. The van der Waals surface area contributed by atoms with Crippen molar-refractivity contribution < 1.29 is 4.79 Å². The number of anilines is 1. The first-order valence-electron chi connectivity index (χ1n) is 6.43. The fourth-order valence-electron chi connectivity index (χ4n) is 2.07. The second-order valence-electron chi connectivity index (χ2n) is 4.68. The van der Waals surface area contributed by atoms with Crippen LogP contribution in [0.15, 0.2) is 6.20 Å². The van der Waals surface area contributed by atoms with E-state index in [2.05, 4.69) is 22.2 Å². The number of rotatable bonds is 6. The topological polar surface area (TPSA) is 76.2 Å². The van der Waals surface area contributed by atoms with Crippen LogP contribution in [0.4, 0.5) is 5.82 Å². The average molecular weight is 251 g/mol. The molecule has 2 rings (SSSR count). The molecule has 100 valence electrons. The van der Waals surface area contributed by atoms with Gasteiger partial charge in [0.05, 0.1) is 6.20 Å². The van der Waals surface area contributed by atoms with Crippen LogP contribution in [0.5, 0.6) is 0 Å². The third-order valence-corrected chi connectivity index (χ3v) is 3.38. The van der Waals surface area contributed by atoms with Crippen molar-refractivity contribution in [1.29, 1.82) is 0 Å². The van der Waals surface area contributed by atoms with E-state index in [1.54, 1.807) is 7.05 Å². The molecule has 1 aliphatic carbocycles. The Hall–Kier alpha value is -1.56. The van der Waals surface area contributed by atoms with Gasteiger partial charge in [-0.1, -0.05) is 6.92 Å². The number of amides is 1. The first kappa shape index (κ1) is 12.9. The zero-order valence-electron chi connectivity index (χ0n) is 11.0. The molecule has 1 fully saturated rings. The van der Waals surface area contributed by atoms with E-state index in [0.717, 1.165) is 19.1 Å². The van der Waals surface area contributed by atoms with Crippen molar-refractivity contribution in [3.63, 3.8) is 0 Å². The van der Waals surface area contributed by atoms with Crippen LogP contribution >= 0.6 is 0 Å². The quantitative estimate of drug-likeness (QED) is 0.758. The minimum absolute atomic E-state index is 0.146. The van der Waals surface area contributed by atoms with Crippen molar-refractivity contribution in [2.24, 2.45) is 7.05 Å². The minimum atomic E-state index is -0.146. The average Bonchev–Trinajstić information content (AvgIpc) is 3.13. The molecule has 0 unspecified atom stereocenters. The van der Waals surface area contributed by atoms with Crippen molar-refractivity contribution in [3.05, 3.63) is 11.8 Å². The van der Waals surface area contributed by atoms with Crippen molar-refractivity contribution in [2.75, 3.05) is 25.4 Å². The van der Waals surface area contributed by atoms with E-state index in [4.69, 9.17) is 5.73 Å². The normalized spacial score (nSPS) is 15.1. The van der Waals surface area contributed by atoms with Gasteiger partial charge in [0.25, 0.3) is 5.91 Å². The summed E-state index contributed by atoms with van der Waals surface area (Å²) in [5.74, 6) is 0.259. The Kier molecular flexibility index (Phi) is 3.86. The highest BCUT2D eigenvalue weighted by atomic mass is 16.1. The molecule has 0 saturated heterocycles. The van der Waals surface area contributed by atoms with Crippen LogP contribution in [0.1, 0.15) is 30.1 Å². The van der Waals surface area contributed by atoms with E-state index >= 15 is 0 Å². The van der Waals surface area contributed by atoms with Crippen molar-refractivity contribution >= 4 is 11.7 Å². The maximum atomic E-state index is 11.9. The summed E-state index contributed by atoms with van der Waals surface area (Å²) in [6.45, 7) is 4.74. The third-order valence-electron chi connectivity index (χ3n) is 3.38. The molecule has 1 aliphatic rings. The lowest BCUT2D eigenvalue weighted by molar-refractivity contribution is 0.0949. The summed E-state index contributed by atoms with van der Waals surface area (Å²) in [4.78, 5) is 14.3. The van der Waals surface area contributed by atoms with Gasteiger partial charge in [0.2, 0.25) is 0 Å². The SMILES string of the molecule is CCN(CCNC(=O)c1cnn(C)c1N)C1CC1. The van der Waals surface area contributed by atoms with Crippen LogP contribution in [0.3, 0.4) is 0 Å². The number of carbonyl (C=O) groups is 1. The van der Waals surface area contributed by atoms with E-state index < -0.39 is 0 Å². The molecule has 0 radical (unpaired) electrons. The molecule has 1 heterocycles. The van der Waals surface area contributed by atoms with Gasteiger partial charge in [0, 0.05) is 26.2 Å². The predicted molar refractivity (Wildman–Crippen MR) is 70.2 cm³/mol. The summed E-state index contributed by atoms with van der Waals surface area (Å²) in [5.41, 5.74) is 6.20. The maximum Gasteiger partial charge on any atom is 0.256 e. The van der Waals surface area contributed by atoms with Crippen molar-refractivity contribution in [3.8, 4) is 0 Å². The third kappa shape index (κ3) is 2.81. The summed E-state index contributed by atoms with van der Waals surface area (Å²) in [6.07, 6.45) is 4.08. The molecule has 0 spiro atoms. The van der Waals surface area contributed by atoms with E-state index in [0.29, 0.717) is 17.9 Å². The number of hydrogen-bond acceptors (Lipinski definition) is 4. The molecule has 0 atom stereocenters. The molecule has 6 nitrogen and oxygen atoms in total. The van der Waals surface area contributed by atoms with Crippen molar-refractivity contribution in [2.45, 2.75) is 25.8 Å². The highest BCUT2D eigenvalue weighted by Crippen LogP contribution is 2.25. The number of carbonyl (C=O) groups excluding carboxylic acids is 1. The monoisotopic (exact) mass is 251 g/mol. The molecular formula is C12H21N5O. The Bertz CT molecular complexity index is 424. The molecule has 18 heavy (non-hydrogen) atoms. The van der Waals surface area contributed by atoms with Crippen LogP contribution < -0.4 is 11.1 Å². The molecule has 1 aromatic rings. The highest BCUT2D eigenvalue weighted by molar-refractivity contribution is 5.98. The maximum absolute atomic E-state index is 11.9. The zero-order valence-corrected chi connectivity index (χ0v) is 11.0. The van der Waals surface area contributed by atoms with Crippen LogP contribution in [0.2, 0.25) is 0 Å². The molecule has 0 aromatic carbocycles. The number of nitrogen functional groups attached to an aromatic ring is 1. The summed E-state index contributed by atoms with van der Waals surface area (Å²) in [5, 5.41) is 6.84. The van der Waals surface area contributed by atoms with Crippen LogP contribution in [-0.4, -0.2) is 46.3 Å². The minimum Gasteiger partial charge on any atom is -0.383 e. The number of hydrogen-bond donors (Lipinski definition) is 2. The molecule has 6 heteroatoms. The van der Waals surface area contributed by atoms with Gasteiger partial charge in [-0.2, -0.15) is 5.10 Å². The molecule has 1 saturated carbocycles. The zero-order chi connectivity index (χ0) is 13.1. The van der Waals surface area contributed by atoms with Gasteiger partial charge >= 0.3 is 0 Å². The Balaban J connectivity index is 1.79. The van der Waals surface area contributed by atoms with Gasteiger partial charge in [-0.05, 0) is 19.4 Å². The first-order chi connectivity index (χ1) is 8.63. The van der Waals surface area contributed by atoms with Crippen molar-refractivity contribution in [1.82, 2.24) is 20.0 Å². The fraction of sp³-hybridized carbons (Fsp3) is 0.667. The number of nitrogens with two attached hydrogens (primary N) is 1. The Morgan fingerprint density at radius 2 is 2.39 bits per heavy atom. The van der Waals surface area contributed by atoms with E-state index in [1.165, 1.54) is 23.7 Å². The second-order valence-corrected chi connectivity index (χ2v) is 4.68. The van der Waals surface area contributed by atoms with Crippen LogP contribution in [0.25, 0.3) is 0 Å². The number of aryl methyl sites for hydroxylation is 1. The van der Waals surface area contributed by atoms with Gasteiger partial charge < -0.3 is 11.1 Å². The molecule has 3 N–H and O–H groups in total. The predicted octanol–water partition coefficient (Wildman–Crippen LogP) is 0.216. The number of aromatic nitrogens is 2. The standard InChI is InChI=1S/C12H21N5O/c1-3-17(9-4-5-9)7-6-14-12(18)10-8-15-16(2)11(10)13/h8-9H,3-7,13H2,1-2H3,(H,14,18). The van der Waals surface area contributed by atoms with E-state index in [9.17, 15) is 4.79 Å². The largest absolute Gasteiger partial charge is 0.383 e. The smallest absolute Gasteiger partial charge is 0.256 e. The fourth-order valence-corrected chi connectivity index (χ4v) is 2.07. The lowest BCUT2D eigenvalue weighted by Gasteiger charge is -2.19. The molecule has 0 aliphatic heterocycles. The Labute approximate surface area is 107 Å². The number of nitrogens with one attached hydrogen (secondary N) is 1. The Morgan fingerprint density at radius 3 is 2.89 bits per heavy atom. The number of likely N-dealkylation sites (N-methyl/N-ethyl adjacent to an activating group) is 1. The van der Waals surface area contributed by atoms with Gasteiger partial charge in [-0.3, -0.25) is 14.4 Å². The molecular weight excluding hydrogens is 230 g/mol. The number of nitrogens with zero attached hydrogens (tertiary/aromatic N) is 3. The van der Waals surface area contributed by atoms with Gasteiger partial charge in [0.15, 0.2) is 0 Å². The molecule has 1 aromatic heterocycles. The molecule has 1 amide bonds. The highest BCUT2D eigenvalue weighted by Gasteiger charge is 2.27. The van der Waals surface area contributed by atoms with Gasteiger partial charge in [-0.25, -0.2) is 0 Å². The Morgan fingerprint density at radius 1 is 1.67 bits per heavy atom. The first-order valence-corrected chi connectivity index (χ1v) is 6.43.